The second kappa shape index (κ2) is 15.5. The molecule has 0 atom stereocenters. The summed E-state index contributed by atoms with van der Waals surface area (Å²) in [6.45, 7) is 0. The fourth-order valence-corrected chi connectivity index (χ4v) is 20.5. The van der Waals surface area contributed by atoms with Crippen LogP contribution in [0.25, 0.3) is 38.9 Å². The van der Waals surface area contributed by atoms with E-state index in [1.807, 2.05) is 24.5 Å². The van der Waals surface area contributed by atoms with Crippen LogP contribution in [0.1, 0.15) is 0 Å². The van der Waals surface area contributed by atoms with Crippen molar-refractivity contribution >= 4 is 79.4 Å². The highest BCUT2D eigenvalue weighted by atomic mass is 28.3. The lowest BCUT2D eigenvalue weighted by Gasteiger charge is -2.40. The van der Waals surface area contributed by atoms with Gasteiger partial charge in [-0.1, -0.05) is 188 Å². The largest absolute Gasteiger partial charge is 0.457 e. The Labute approximate surface area is 374 Å². The van der Waals surface area contributed by atoms with Crippen molar-refractivity contribution in [2.45, 2.75) is 0 Å². The Morgan fingerprint density at radius 2 is 1.00 bits per heavy atom. The van der Waals surface area contributed by atoms with Crippen LogP contribution in [0.4, 0.5) is 0 Å². The van der Waals surface area contributed by atoms with Gasteiger partial charge in [-0.15, -0.1) is 0 Å². The fourth-order valence-electron chi connectivity index (χ4n) is 10.6. The normalized spacial score (nSPS) is 12.9. The lowest BCUT2D eigenvalue weighted by Crippen LogP contribution is -2.76. The van der Waals surface area contributed by atoms with Gasteiger partial charge >= 0.3 is 0 Å². The number of hydrogen-bond donors (Lipinski definition) is 0. The number of rotatable bonds is 8. The molecule has 1 aliphatic heterocycles. The van der Waals surface area contributed by atoms with Gasteiger partial charge < -0.3 is 4.74 Å². The quantitative estimate of drug-likeness (QED) is 0.115. The van der Waals surface area contributed by atoms with E-state index in [1.165, 1.54) is 52.3 Å². The molecule has 6 heteroatoms. The van der Waals surface area contributed by atoms with Crippen LogP contribution in [-0.4, -0.2) is 30.7 Å². The van der Waals surface area contributed by atoms with Crippen molar-refractivity contribution in [1.29, 1.82) is 0 Å². The van der Waals surface area contributed by atoms with Crippen LogP contribution in [0.15, 0.2) is 249 Å². The molecule has 0 saturated carbocycles. The third-order valence-corrected chi connectivity index (χ3v) is 22.8. The van der Waals surface area contributed by atoms with Gasteiger partial charge in [0.25, 0.3) is 0 Å². The smallest absolute Gasteiger partial charge is 0.191 e. The molecule has 3 aromatic heterocycles. The summed E-state index contributed by atoms with van der Waals surface area (Å²) in [7, 11) is -6.13. The maximum Gasteiger partial charge on any atom is 0.191 e. The highest BCUT2D eigenvalue weighted by Crippen LogP contribution is 2.38. The topological polar surface area (TPSA) is 39.9 Å². The molecular weight excluding hydrogens is 811 g/mol. The van der Waals surface area contributed by atoms with Gasteiger partial charge in [0.1, 0.15) is 17.3 Å². The van der Waals surface area contributed by atoms with Gasteiger partial charge in [0, 0.05) is 33.9 Å². The van der Waals surface area contributed by atoms with Crippen LogP contribution < -0.4 is 46.2 Å². The molecule has 0 N–H and O–H groups in total. The first kappa shape index (κ1) is 37.8. The van der Waals surface area contributed by atoms with E-state index >= 15 is 0 Å². The minimum atomic E-state index is -3.09. The fraction of sp³-hybridized carbons (Fsp3) is 0. The maximum absolute atomic E-state index is 7.07. The number of aromatic nitrogens is 3. The van der Waals surface area contributed by atoms with Crippen molar-refractivity contribution in [3.63, 3.8) is 0 Å². The first-order chi connectivity index (χ1) is 31.8. The predicted molar refractivity (Wildman–Crippen MR) is 269 cm³/mol. The average Bonchev–Trinajstić information content (AvgIpc) is 3.71. The summed E-state index contributed by atoms with van der Waals surface area (Å²) in [4.78, 5) is 9.97. The molecule has 0 fully saturated rings. The first-order valence-corrected chi connectivity index (χ1v) is 25.8. The van der Waals surface area contributed by atoms with E-state index < -0.39 is 16.1 Å². The number of ether oxygens (including phenoxy) is 1. The lowest BCUT2D eigenvalue weighted by molar-refractivity contribution is 0.487. The molecule has 1 aliphatic rings. The third-order valence-electron chi connectivity index (χ3n) is 13.2. The molecule has 4 heterocycles. The summed E-state index contributed by atoms with van der Waals surface area (Å²) in [6.07, 6.45) is 3.79. The summed E-state index contributed by atoms with van der Waals surface area (Å²) in [5, 5.41) is 12.6. The molecule has 302 valence electrons. The highest BCUT2D eigenvalue weighted by molar-refractivity contribution is 7.22. The molecule has 8 aromatic carbocycles. The molecule has 4 nitrogen and oxygen atoms in total. The molecule has 0 unspecified atom stereocenters. The average molecular weight is 852 g/mol. The predicted octanol–water partition coefficient (Wildman–Crippen LogP) is 8.10. The van der Waals surface area contributed by atoms with Crippen molar-refractivity contribution < 1.29 is 4.74 Å². The van der Waals surface area contributed by atoms with Gasteiger partial charge in [0.05, 0.1) is 16.7 Å². The summed E-state index contributed by atoms with van der Waals surface area (Å²) in [6, 6.07) is 86.6. The molecule has 0 saturated heterocycles. The van der Waals surface area contributed by atoms with Crippen LogP contribution in [0.5, 0.6) is 11.5 Å². The Bertz CT molecular complexity index is 3380. The van der Waals surface area contributed by atoms with Crippen molar-refractivity contribution in [3.05, 3.63) is 249 Å². The number of pyridine rings is 2. The second-order valence-electron chi connectivity index (χ2n) is 16.4. The Morgan fingerprint density at radius 3 is 1.66 bits per heavy atom. The summed E-state index contributed by atoms with van der Waals surface area (Å²) < 4.78 is 9.51. The molecule has 64 heavy (non-hydrogen) atoms. The zero-order valence-electron chi connectivity index (χ0n) is 34.9. The van der Waals surface area contributed by atoms with Gasteiger partial charge in [-0.05, 0) is 84.8 Å². The van der Waals surface area contributed by atoms with Crippen LogP contribution >= 0.6 is 0 Å². The van der Waals surface area contributed by atoms with E-state index in [1.54, 1.807) is 0 Å². The molecule has 12 rings (SSSR count). The number of hydrogen-bond acceptors (Lipinski definition) is 3. The van der Waals surface area contributed by atoms with Gasteiger partial charge in [-0.2, -0.15) is 0 Å². The molecule has 11 aromatic rings. The van der Waals surface area contributed by atoms with Gasteiger partial charge in [0.2, 0.25) is 0 Å². The van der Waals surface area contributed by atoms with E-state index in [9.17, 15) is 0 Å². The second-order valence-corrected chi connectivity index (χ2v) is 24.0. The van der Waals surface area contributed by atoms with E-state index in [0.29, 0.717) is 0 Å². The molecule has 0 aliphatic carbocycles. The Balaban J connectivity index is 1.24. The Hall–Kier alpha value is -7.91. The Kier molecular flexibility index (Phi) is 9.14. The van der Waals surface area contributed by atoms with Crippen molar-refractivity contribution in [1.82, 2.24) is 14.5 Å². The summed E-state index contributed by atoms with van der Waals surface area (Å²) in [5.41, 5.74) is 4.28. The van der Waals surface area contributed by atoms with E-state index in [4.69, 9.17) is 14.7 Å². The van der Waals surface area contributed by atoms with Gasteiger partial charge in [-0.25, -0.2) is 4.98 Å². The number of benzene rings is 8. The van der Waals surface area contributed by atoms with Gasteiger partial charge in [0.15, 0.2) is 16.1 Å². The zero-order valence-corrected chi connectivity index (χ0v) is 36.9. The van der Waals surface area contributed by atoms with Crippen LogP contribution in [0.3, 0.4) is 0 Å². The molecule has 0 spiro atoms. The SMILES string of the molecule is c1ccc([Si](c2ccccc2)(c2cccc(-c3ccccn3)c2)c2ccc3c4ccc5c(c4n(-c4ccccn4)c3c2)[Si](c2ccccc2)(c2ccccc2)c2ccccc2O5)cc1. The highest BCUT2D eigenvalue weighted by Gasteiger charge is 2.50. The van der Waals surface area contributed by atoms with E-state index in [0.717, 1.165) is 39.6 Å². The summed E-state index contributed by atoms with van der Waals surface area (Å²) in [5.74, 6) is 2.65. The van der Waals surface area contributed by atoms with Crippen molar-refractivity contribution in [2.75, 3.05) is 0 Å². The lowest BCUT2D eigenvalue weighted by atomic mass is 10.1. The molecule has 0 bridgehead atoms. The standard InChI is InChI=1S/C58H41N3OSi2/c1-5-21-43(22-6-1)63(44-23-7-2-8-24-44,47-29-19-20-42(40-47)51-30-15-17-38-59-51)48-34-35-49-50-36-37-54-58(57(50)61(52(49)41-48)56-33-16-18-39-60-56)64(45-25-9-3-10-26-45,46-27-11-4-12-28-46)55-32-14-13-31-53(55)62-54/h1-41H. The summed E-state index contributed by atoms with van der Waals surface area (Å²) >= 11 is 0. The minimum absolute atomic E-state index is 0.861. The maximum atomic E-state index is 7.07. The zero-order chi connectivity index (χ0) is 42.5. The van der Waals surface area contributed by atoms with Gasteiger partial charge in [-0.3, -0.25) is 9.55 Å². The number of nitrogens with zero attached hydrogens (tertiary/aromatic N) is 3. The number of fused-ring (bicyclic) bond motifs is 6. The van der Waals surface area contributed by atoms with Crippen molar-refractivity contribution in [3.8, 4) is 28.6 Å². The van der Waals surface area contributed by atoms with Crippen LogP contribution in [0, 0.1) is 0 Å². The van der Waals surface area contributed by atoms with E-state index in [-0.39, 0.29) is 0 Å². The third kappa shape index (κ3) is 5.73. The number of para-hydroxylation sites is 1. The van der Waals surface area contributed by atoms with Crippen LogP contribution in [0.2, 0.25) is 0 Å². The monoisotopic (exact) mass is 851 g/mol. The molecular formula is C58H41N3OSi2. The molecule has 0 amide bonds. The van der Waals surface area contributed by atoms with Crippen molar-refractivity contribution in [2.24, 2.45) is 0 Å². The first-order valence-electron chi connectivity index (χ1n) is 21.8. The Morgan fingerprint density at radius 1 is 0.422 bits per heavy atom. The van der Waals surface area contributed by atoms with E-state index in [2.05, 4.69) is 229 Å². The van der Waals surface area contributed by atoms with Crippen LogP contribution in [-0.2, 0) is 0 Å². The molecule has 0 radical (unpaired) electrons. The minimum Gasteiger partial charge on any atom is -0.457 e.